The van der Waals surface area contributed by atoms with Gasteiger partial charge in [-0.15, -0.1) is 0 Å². The molecule has 0 saturated carbocycles. The number of sulfonamides is 1. The highest BCUT2D eigenvalue weighted by atomic mass is 127. The predicted octanol–water partition coefficient (Wildman–Crippen LogP) is 3.46. The molecule has 3 nitrogen and oxygen atoms in total. The number of hydrogen-bond acceptors (Lipinski definition) is 2. The molecule has 1 N–H and O–H groups in total. The summed E-state index contributed by atoms with van der Waals surface area (Å²) in [6.07, 6.45) is -7.68. The molecular formula is C10H9F5INO2S. The third kappa shape index (κ3) is 4.25. The van der Waals surface area contributed by atoms with Crippen LogP contribution in [0.15, 0.2) is 23.1 Å². The minimum Gasteiger partial charge on any atom is -0.207 e. The first-order valence-corrected chi connectivity index (χ1v) is 7.68. The first kappa shape index (κ1) is 17.6. The molecule has 0 aliphatic rings. The van der Waals surface area contributed by atoms with Crippen LogP contribution < -0.4 is 4.72 Å². The highest BCUT2D eigenvalue weighted by molar-refractivity contribution is 14.1. The maximum Gasteiger partial charge on any atom is 0.404 e. The first-order chi connectivity index (χ1) is 8.95. The van der Waals surface area contributed by atoms with Crippen molar-refractivity contribution in [3.05, 3.63) is 27.3 Å². The van der Waals surface area contributed by atoms with Gasteiger partial charge in [0, 0.05) is 9.13 Å². The Labute approximate surface area is 125 Å². The molecule has 0 radical (unpaired) electrons. The van der Waals surface area contributed by atoms with Gasteiger partial charge in [-0.1, -0.05) is 0 Å². The fraction of sp³-hybridized carbons (Fsp3) is 0.400. The minimum atomic E-state index is -4.76. The summed E-state index contributed by atoms with van der Waals surface area (Å²) in [5.41, 5.74) is -0.548. The van der Waals surface area contributed by atoms with Gasteiger partial charge < -0.3 is 0 Å². The van der Waals surface area contributed by atoms with Gasteiger partial charge in [-0.25, -0.2) is 17.2 Å². The van der Waals surface area contributed by atoms with E-state index in [0.29, 0.717) is 13.0 Å². The van der Waals surface area contributed by atoms with Crippen molar-refractivity contribution in [2.24, 2.45) is 0 Å². The Bertz CT molecular complexity index is 588. The van der Waals surface area contributed by atoms with Crippen molar-refractivity contribution in [1.29, 1.82) is 0 Å². The number of benzene rings is 1. The molecule has 0 aliphatic carbocycles. The van der Waals surface area contributed by atoms with Gasteiger partial charge >= 0.3 is 6.18 Å². The Morgan fingerprint density at radius 3 is 2.25 bits per heavy atom. The lowest BCUT2D eigenvalue weighted by molar-refractivity contribution is -0.147. The van der Waals surface area contributed by atoms with E-state index in [1.165, 1.54) is 4.72 Å². The molecule has 0 fully saturated rings. The van der Waals surface area contributed by atoms with Crippen LogP contribution in [0.1, 0.15) is 18.9 Å². The van der Waals surface area contributed by atoms with Crippen LogP contribution in [0.25, 0.3) is 0 Å². The van der Waals surface area contributed by atoms with Crippen molar-refractivity contribution in [3.63, 3.8) is 0 Å². The van der Waals surface area contributed by atoms with E-state index in [0.717, 1.165) is 12.1 Å². The SMILES string of the molecule is C[C@H](NS(=O)(=O)c1ccc(I)c(C(F)F)c1)C(F)(F)F. The van der Waals surface area contributed by atoms with Crippen LogP contribution in [0.2, 0.25) is 0 Å². The average Bonchev–Trinajstić information content (AvgIpc) is 2.26. The van der Waals surface area contributed by atoms with Crippen molar-refractivity contribution < 1.29 is 30.4 Å². The number of hydrogen-bond donors (Lipinski definition) is 1. The van der Waals surface area contributed by atoms with Gasteiger partial charge in [-0.05, 0) is 47.7 Å². The smallest absolute Gasteiger partial charge is 0.207 e. The fourth-order valence-corrected chi connectivity index (χ4v) is 3.06. The molecule has 0 aliphatic heterocycles. The minimum absolute atomic E-state index is 0.125. The summed E-state index contributed by atoms with van der Waals surface area (Å²) in [6.45, 7) is 0.623. The molecule has 0 saturated heterocycles. The number of alkyl halides is 5. The van der Waals surface area contributed by atoms with E-state index in [1.807, 2.05) is 0 Å². The van der Waals surface area contributed by atoms with Crippen molar-refractivity contribution in [3.8, 4) is 0 Å². The van der Waals surface area contributed by atoms with E-state index in [1.54, 1.807) is 22.6 Å². The lowest BCUT2D eigenvalue weighted by Gasteiger charge is -2.17. The second kappa shape index (κ2) is 6.10. The summed E-state index contributed by atoms with van der Waals surface area (Å²) in [6, 6.07) is 0.424. The molecule has 0 spiro atoms. The van der Waals surface area contributed by atoms with Crippen LogP contribution >= 0.6 is 22.6 Å². The molecule has 1 atom stereocenters. The monoisotopic (exact) mass is 429 g/mol. The summed E-state index contributed by atoms with van der Waals surface area (Å²) < 4.78 is 87.2. The highest BCUT2D eigenvalue weighted by Gasteiger charge is 2.39. The third-order valence-electron chi connectivity index (χ3n) is 2.34. The van der Waals surface area contributed by atoms with Crippen LogP contribution in [0.3, 0.4) is 0 Å². The van der Waals surface area contributed by atoms with Gasteiger partial charge in [0.2, 0.25) is 10.0 Å². The van der Waals surface area contributed by atoms with Crippen LogP contribution in [-0.4, -0.2) is 20.6 Å². The van der Waals surface area contributed by atoms with Gasteiger partial charge in [0.15, 0.2) is 0 Å². The first-order valence-electron chi connectivity index (χ1n) is 5.12. The maximum absolute atomic E-state index is 12.6. The van der Waals surface area contributed by atoms with E-state index in [-0.39, 0.29) is 3.57 Å². The highest BCUT2D eigenvalue weighted by Crippen LogP contribution is 2.28. The molecule has 1 rings (SSSR count). The van der Waals surface area contributed by atoms with E-state index >= 15 is 0 Å². The lowest BCUT2D eigenvalue weighted by atomic mass is 10.2. The van der Waals surface area contributed by atoms with Crippen LogP contribution in [-0.2, 0) is 10.0 Å². The summed E-state index contributed by atoms with van der Waals surface area (Å²) in [4.78, 5) is -0.635. The topological polar surface area (TPSA) is 46.2 Å². The molecule has 0 unspecified atom stereocenters. The predicted molar refractivity (Wildman–Crippen MR) is 70.0 cm³/mol. The molecular weight excluding hydrogens is 420 g/mol. The van der Waals surface area contributed by atoms with Gasteiger partial charge in [-0.2, -0.15) is 17.9 Å². The zero-order valence-corrected chi connectivity index (χ0v) is 12.9. The second-order valence-corrected chi connectivity index (χ2v) is 6.74. The average molecular weight is 429 g/mol. The molecule has 1 aromatic carbocycles. The largest absolute Gasteiger partial charge is 0.404 e. The third-order valence-corrected chi connectivity index (χ3v) is 4.86. The zero-order chi connectivity index (χ0) is 15.7. The molecule has 10 heteroatoms. The number of halogens is 6. The van der Waals surface area contributed by atoms with E-state index < -0.39 is 39.1 Å². The lowest BCUT2D eigenvalue weighted by Crippen LogP contribution is -2.42. The van der Waals surface area contributed by atoms with Crippen molar-refractivity contribution in [2.45, 2.75) is 30.5 Å². The van der Waals surface area contributed by atoms with Crippen molar-refractivity contribution in [1.82, 2.24) is 4.72 Å². The molecule has 0 bridgehead atoms. The van der Waals surface area contributed by atoms with Gasteiger partial charge in [0.1, 0.15) is 6.04 Å². The summed E-state index contributed by atoms with van der Waals surface area (Å²) in [7, 11) is -4.52. The maximum atomic E-state index is 12.6. The summed E-state index contributed by atoms with van der Waals surface area (Å²) in [5, 5.41) is 0. The zero-order valence-electron chi connectivity index (χ0n) is 9.88. The van der Waals surface area contributed by atoms with Gasteiger partial charge in [0.05, 0.1) is 4.90 Å². The Balaban J connectivity index is 3.14. The molecule has 114 valence electrons. The summed E-state index contributed by atoms with van der Waals surface area (Å²) >= 11 is 1.58. The Morgan fingerprint density at radius 1 is 1.25 bits per heavy atom. The molecule has 1 aromatic rings. The standard InChI is InChI=1S/C10H9F5INO2S/c1-5(10(13,14)15)17-20(18,19)6-2-3-8(16)7(4-6)9(11)12/h2-5,9,17H,1H3/t5-/m0/s1. The number of rotatable bonds is 4. The van der Waals surface area contributed by atoms with Crippen LogP contribution in [0, 0.1) is 3.57 Å². The van der Waals surface area contributed by atoms with Gasteiger partial charge in [0.25, 0.3) is 6.43 Å². The molecule has 20 heavy (non-hydrogen) atoms. The van der Waals surface area contributed by atoms with Crippen LogP contribution in [0.5, 0.6) is 0 Å². The summed E-state index contributed by atoms with van der Waals surface area (Å²) in [5.74, 6) is 0. The number of nitrogens with one attached hydrogen (secondary N) is 1. The van der Waals surface area contributed by atoms with Crippen LogP contribution in [0.4, 0.5) is 22.0 Å². The Hall–Kier alpha value is -0.490. The van der Waals surface area contributed by atoms with E-state index in [9.17, 15) is 30.4 Å². The fourth-order valence-electron chi connectivity index (χ4n) is 1.22. The Morgan fingerprint density at radius 2 is 1.80 bits per heavy atom. The van der Waals surface area contributed by atoms with E-state index in [4.69, 9.17) is 0 Å². The van der Waals surface area contributed by atoms with Gasteiger partial charge in [-0.3, -0.25) is 0 Å². The van der Waals surface area contributed by atoms with Crippen molar-refractivity contribution >= 4 is 32.6 Å². The Kier molecular flexibility index (Phi) is 5.35. The molecule has 0 aromatic heterocycles. The molecule has 0 heterocycles. The quantitative estimate of drug-likeness (QED) is 0.589. The van der Waals surface area contributed by atoms with Crippen molar-refractivity contribution in [2.75, 3.05) is 0 Å². The van der Waals surface area contributed by atoms with E-state index in [2.05, 4.69) is 0 Å². The normalized spacial score (nSPS) is 14.6. The molecule has 0 amide bonds. The second-order valence-electron chi connectivity index (χ2n) is 3.87.